The Labute approximate surface area is 154 Å². The summed E-state index contributed by atoms with van der Waals surface area (Å²) in [6.45, 7) is 1.88. The predicted molar refractivity (Wildman–Crippen MR) is 99.7 cm³/mol. The van der Waals surface area contributed by atoms with Gasteiger partial charge in [0.05, 0.1) is 11.9 Å². The Morgan fingerprint density at radius 1 is 1.12 bits per heavy atom. The number of benzene rings is 2. The van der Waals surface area contributed by atoms with Crippen molar-refractivity contribution >= 4 is 42.8 Å². The van der Waals surface area contributed by atoms with Gasteiger partial charge in [0.25, 0.3) is 10.0 Å². The minimum atomic E-state index is -4.00. The van der Waals surface area contributed by atoms with Gasteiger partial charge in [-0.1, -0.05) is 40.2 Å². The first-order valence-electron chi connectivity index (χ1n) is 7.51. The van der Waals surface area contributed by atoms with Crippen LogP contribution in [-0.4, -0.2) is 19.3 Å². The van der Waals surface area contributed by atoms with Crippen molar-refractivity contribution in [2.24, 2.45) is 0 Å². The number of nitrogens with one attached hydrogen (secondary N) is 1. The summed E-state index contributed by atoms with van der Waals surface area (Å²) < 4.78 is 28.3. The lowest BCUT2D eigenvalue weighted by molar-refractivity contribution is -0.118. The highest BCUT2D eigenvalue weighted by Crippen LogP contribution is 2.23. The van der Waals surface area contributed by atoms with Crippen molar-refractivity contribution in [2.75, 3.05) is 0 Å². The molecule has 7 heteroatoms. The molecule has 0 saturated heterocycles. The lowest BCUT2D eigenvalue weighted by Gasteiger charge is -2.10. The topological polar surface area (TPSA) is 76.1 Å². The number of rotatable bonds is 4. The number of fused-ring (bicyclic) bond motifs is 1. The van der Waals surface area contributed by atoms with Crippen LogP contribution in [0.3, 0.4) is 0 Å². The molecule has 0 atom stereocenters. The third kappa shape index (κ3) is 3.88. The maximum Gasteiger partial charge on any atom is 0.266 e. The molecule has 1 heterocycles. The second kappa shape index (κ2) is 6.93. The molecule has 0 aliphatic heterocycles. The van der Waals surface area contributed by atoms with Gasteiger partial charge in [0.15, 0.2) is 0 Å². The smallest absolute Gasteiger partial charge is 0.266 e. The zero-order valence-electron chi connectivity index (χ0n) is 13.4. The molecule has 0 saturated carbocycles. The van der Waals surface area contributed by atoms with Crippen LogP contribution >= 0.6 is 15.9 Å². The number of hydrogen-bond acceptors (Lipinski definition) is 4. The SMILES string of the molecule is Cc1ccc(S(=O)(=O)NC(=O)Cc2ccc(Br)cc2)c2ncccc12. The number of pyridine rings is 1. The molecular weight excluding hydrogens is 404 g/mol. The molecule has 0 spiro atoms. The molecule has 128 valence electrons. The quantitative estimate of drug-likeness (QED) is 0.704. The standard InChI is InChI=1S/C18H15BrN2O3S/c1-12-4-9-16(18-15(12)3-2-10-20-18)25(23,24)21-17(22)11-13-5-7-14(19)8-6-13/h2-10H,11H2,1H3,(H,21,22). The molecule has 1 N–H and O–H groups in total. The summed E-state index contributed by atoms with van der Waals surface area (Å²) in [5, 5.41) is 0.741. The molecule has 3 aromatic rings. The first-order valence-corrected chi connectivity index (χ1v) is 9.79. The van der Waals surface area contributed by atoms with E-state index in [1.807, 2.05) is 6.92 Å². The van der Waals surface area contributed by atoms with E-state index in [9.17, 15) is 13.2 Å². The lowest BCUT2D eigenvalue weighted by atomic mass is 10.1. The third-order valence-electron chi connectivity index (χ3n) is 3.77. The van der Waals surface area contributed by atoms with E-state index in [1.165, 1.54) is 12.3 Å². The van der Waals surface area contributed by atoms with Gasteiger partial charge in [-0.15, -0.1) is 0 Å². The normalized spacial score (nSPS) is 11.4. The van der Waals surface area contributed by atoms with E-state index in [0.717, 1.165) is 21.0 Å². The average molecular weight is 419 g/mol. The van der Waals surface area contributed by atoms with E-state index >= 15 is 0 Å². The van der Waals surface area contributed by atoms with E-state index < -0.39 is 15.9 Å². The minimum absolute atomic E-state index is 0.00199. The number of amides is 1. The van der Waals surface area contributed by atoms with Crippen LogP contribution in [0.25, 0.3) is 10.9 Å². The highest BCUT2D eigenvalue weighted by molar-refractivity contribution is 9.10. The van der Waals surface area contributed by atoms with Crippen LogP contribution in [-0.2, 0) is 21.2 Å². The van der Waals surface area contributed by atoms with Crippen LogP contribution in [0.5, 0.6) is 0 Å². The van der Waals surface area contributed by atoms with Crippen molar-refractivity contribution in [1.82, 2.24) is 9.71 Å². The number of nitrogens with zero attached hydrogens (tertiary/aromatic N) is 1. The Morgan fingerprint density at radius 2 is 1.84 bits per heavy atom. The van der Waals surface area contributed by atoms with Gasteiger partial charge in [-0.25, -0.2) is 13.1 Å². The van der Waals surface area contributed by atoms with Gasteiger partial charge in [0.1, 0.15) is 4.90 Å². The van der Waals surface area contributed by atoms with Crippen LogP contribution in [0.4, 0.5) is 0 Å². The highest BCUT2D eigenvalue weighted by Gasteiger charge is 2.21. The minimum Gasteiger partial charge on any atom is -0.274 e. The van der Waals surface area contributed by atoms with Crippen LogP contribution in [0.1, 0.15) is 11.1 Å². The molecule has 0 aliphatic rings. The number of halogens is 1. The monoisotopic (exact) mass is 418 g/mol. The zero-order chi connectivity index (χ0) is 18.0. The summed E-state index contributed by atoms with van der Waals surface area (Å²) in [7, 11) is -4.00. The molecule has 0 unspecified atom stereocenters. The van der Waals surface area contributed by atoms with Crippen LogP contribution in [0.15, 0.2) is 64.1 Å². The third-order valence-corrected chi connectivity index (χ3v) is 5.70. The van der Waals surface area contributed by atoms with Gasteiger partial charge in [-0.3, -0.25) is 9.78 Å². The van der Waals surface area contributed by atoms with E-state index in [4.69, 9.17) is 0 Å². The summed E-state index contributed by atoms with van der Waals surface area (Å²) in [5.41, 5.74) is 2.00. The Bertz CT molecular complexity index is 1050. The first kappa shape index (κ1) is 17.6. The number of sulfonamides is 1. The molecule has 25 heavy (non-hydrogen) atoms. The van der Waals surface area contributed by atoms with Crippen molar-refractivity contribution in [3.05, 3.63) is 70.3 Å². The van der Waals surface area contributed by atoms with Gasteiger partial charge in [-0.2, -0.15) is 0 Å². The van der Waals surface area contributed by atoms with Crippen molar-refractivity contribution in [3.63, 3.8) is 0 Å². The Balaban J connectivity index is 1.88. The van der Waals surface area contributed by atoms with Gasteiger partial charge >= 0.3 is 0 Å². The average Bonchev–Trinajstić information content (AvgIpc) is 2.57. The zero-order valence-corrected chi connectivity index (χ0v) is 15.8. The second-order valence-electron chi connectivity index (χ2n) is 5.61. The van der Waals surface area contributed by atoms with Gasteiger partial charge in [0.2, 0.25) is 5.91 Å². The fraction of sp³-hybridized carbons (Fsp3) is 0.111. The number of carbonyl (C=O) groups excluding carboxylic acids is 1. The number of carbonyl (C=O) groups is 1. The van der Waals surface area contributed by atoms with E-state index in [-0.39, 0.29) is 11.3 Å². The molecule has 2 aromatic carbocycles. The van der Waals surface area contributed by atoms with Crippen LogP contribution < -0.4 is 4.72 Å². The summed E-state index contributed by atoms with van der Waals surface area (Å²) in [6.07, 6.45) is 1.51. The molecule has 1 amide bonds. The van der Waals surface area contributed by atoms with Gasteiger partial charge in [-0.05, 0) is 42.3 Å². The van der Waals surface area contributed by atoms with E-state index in [2.05, 4.69) is 25.6 Å². The summed E-state index contributed by atoms with van der Waals surface area (Å²) >= 11 is 3.32. The van der Waals surface area contributed by atoms with Crippen molar-refractivity contribution in [3.8, 4) is 0 Å². The maximum absolute atomic E-state index is 12.6. The largest absolute Gasteiger partial charge is 0.274 e. The van der Waals surface area contributed by atoms with Crippen molar-refractivity contribution in [1.29, 1.82) is 0 Å². The summed E-state index contributed by atoms with van der Waals surface area (Å²) in [6, 6.07) is 13.9. The molecule has 0 radical (unpaired) electrons. The van der Waals surface area contributed by atoms with Crippen molar-refractivity contribution < 1.29 is 13.2 Å². The van der Waals surface area contributed by atoms with Crippen molar-refractivity contribution in [2.45, 2.75) is 18.2 Å². The second-order valence-corrected chi connectivity index (χ2v) is 8.18. The first-order chi connectivity index (χ1) is 11.9. The Hall–Kier alpha value is -2.25. The highest BCUT2D eigenvalue weighted by atomic mass is 79.9. The Morgan fingerprint density at radius 3 is 2.56 bits per heavy atom. The van der Waals surface area contributed by atoms with E-state index in [0.29, 0.717) is 5.52 Å². The summed E-state index contributed by atoms with van der Waals surface area (Å²) in [5.74, 6) is -0.591. The number of aryl methyl sites for hydroxylation is 1. The van der Waals surface area contributed by atoms with E-state index in [1.54, 1.807) is 42.5 Å². The molecule has 3 rings (SSSR count). The lowest BCUT2D eigenvalue weighted by Crippen LogP contribution is -2.32. The fourth-order valence-corrected chi connectivity index (χ4v) is 3.95. The summed E-state index contributed by atoms with van der Waals surface area (Å²) in [4.78, 5) is 16.3. The van der Waals surface area contributed by atoms with Gasteiger partial charge in [0, 0.05) is 16.1 Å². The molecule has 0 bridgehead atoms. The molecule has 5 nitrogen and oxygen atoms in total. The molecular formula is C18H15BrN2O3S. The number of hydrogen-bond donors (Lipinski definition) is 1. The van der Waals surface area contributed by atoms with Crippen LogP contribution in [0.2, 0.25) is 0 Å². The molecule has 1 aromatic heterocycles. The molecule has 0 fully saturated rings. The predicted octanol–water partition coefficient (Wildman–Crippen LogP) is 3.35. The van der Waals surface area contributed by atoms with Crippen LogP contribution in [0, 0.1) is 6.92 Å². The Kier molecular flexibility index (Phi) is 4.87. The number of aromatic nitrogens is 1. The molecule has 0 aliphatic carbocycles. The van der Waals surface area contributed by atoms with Gasteiger partial charge < -0.3 is 0 Å². The fourth-order valence-electron chi connectivity index (χ4n) is 2.53. The maximum atomic E-state index is 12.6.